The molecule has 2 amide bonds. The van der Waals surface area contributed by atoms with Crippen molar-refractivity contribution in [1.29, 1.82) is 0 Å². The molecule has 42 heavy (non-hydrogen) atoms. The first-order chi connectivity index (χ1) is 20.3. The summed E-state index contributed by atoms with van der Waals surface area (Å²) >= 11 is 0. The van der Waals surface area contributed by atoms with Gasteiger partial charge in [-0.25, -0.2) is 4.79 Å². The average molecular weight is 571 g/mol. The zero-order chi connectivity index (χ0) is 29.3. The van der Waals surface area contributed by atoms with Crippen LogP contribution in [-0.4, -0.2) is 66.1 Å². The lowest BCUT2D eigenvalue weighted by atomic mass is 9.96. The number of hydrogen-bond acceptors (Lipinski definition) is 5. The molecule has 0 aliphatic carbocycles. The molecular weight excluding hydrogens is 530 g/mol. The predicted octanol–water partition coefficient (Wildman–Crippen LogP) is 5.50. The summed E-state index contributed by atoms with van der Waals surface area (Å²) in [7, 11) is 4.53. The molecule has 3 heterocycles. The van der Waals surface area contributed by atoms with Crippen LogP contribution in [0.2, 0.25) is 0 Å². The number of aliphatic hydroxyl groups excluding tert-OH is 1. The van der Waals surface area contributed by atoms with Gasteiger partial charge < -0.3 is 24.4 Å². The molecular formula is C34H40N3O5+. The van der Waals surface area contributed by atoms with Crippen molar-refractivity contribution in [2.45, 2.75) is 75.5 Å². The molecule has 3 N–H and O–H groups in total. The van der Waals surface area contributed by atoms with E-state index in [1.54, 1.807) is 24.3 Å². The van der Waals surface area contributed by atoms with Gasteiger partial charge in [0.15, 0.2) is 0 Å². The Hall–Kier alpha value is -3.72. The average Bonchev–Trinajstić information content (AvgIpc) is 3.75. The standard InChI is InChI=1S/C34H39N3O5/c1-37(2)29-19-26(20-30(37)33-32(29)42-33)41-34(40)36-28-18-22(14-17-27(28)24-9-4-3-5-10-24)8-6-7-11-31(39)35-25-15-12-23(21-38)13-16-25/h3-5,9-10,12-18,26,29-30,32-33,38H,6-8,11,19-21H2,1-2H3,(H-,35,36,39,40)/p+1/t26-,29-,30+,32-,33+. The molecule has 8 nitrogen and oxygen atoms in total. The summed E-state index contributed by atoms with van der Waals surface area (Å²) in [5, 5.41) is 15.1. The van der Waals surface area contributed by atoms with E-state index in [1.165, 1.54) is 0 Å². The number of nitrogens with zero attached hydrogens (tertiary/aromatic N) is 1. The minimum Gasteiger partial charge on any atom is -0.445 e. The number of quaternary nitrogens is 1. The Balaban J connectivity index is 1.05. The summed E-state index contributed by atoms with van der Waals surface area (Å²) in [6, 6.07) is 24.1. The number of unbranched alkanes of at least 4 members (excludes halogenated alkanes) is 1. The summed E-state index contributed by atoms with van der Waals surface area (Å²) < 4.78 is 12.8. The quantitative estimate of drug-likeness (QED) is 0.170. The molecule has 3 aliphatic rings. The monoisotopic (exact) mass is 570 g/mol. The fourth-order valence-corrected chi connectivity index (χ4v) is 6.84. The third kappa shape index (κ3) is 6.07. The van der Waals surface area contributed by atoms with Crippen LogP contribution in [0.25, 0.3) is 11.1 Å². The van der Waals surface area contributed by atoms with E-state index in [4.69, 9.17) is 9.47 Å². The Morgan fingerprint density at radius 2 is 1.60 bits per heavy atom. The fraction of sp³-hybridized carbons (Fsp3) is 0.412. The summed E-state index contributed by atoms with van der Waals surface area (Å²) in [6.07, 6.45) is 4.55. The third-order valence-electron chi connectivity index (χ3n) is 9.26. The maximum atomic E-state index is 13.2. The molecule has 220 valence electrons. The number of hydrogen-bond donors (Lipinski definition) is 3. The Labute approximate surface area is 247 Å². The van der Waals surface area contributed by atoms with Gasteiger partial charge in [-0.3, -0.25) is 10.1 Å². The van der Waals surface area contributed by atoms with Gasteiger partial charge in [0, 0.05) is 30.5 Å². The zero-order valence-electron chi connectivity index (χ0n) is 24.3. The highest BCUT2D eigenvalue weighted by Gasteiger charge is 2.70. The number of morpholine rings is 1. The molecule has 6 rings (SSSR count). The van der Waals surface area contributed by atoms with Crippen molar-refractivity contribution >= 4 is 23.4 Å². The highest BCUT2D eigenvalue weighted by molar-refractivity contribution is 5.92. The lowest BCUT2D eigenvalue weighted by molar-refractivity contribution is -0.938. The molecule has 3 aliphatic heterocycles. The number of amides is 2. The minimum atomic E-state index is -0.417. The number of piperidine rings is 1. The number of anilines is 2. The molecule has 3 aromatic carbocycles. The number of likely N-dealkylation sites (N-methyl/N-ethyl adjacent to an activating group) is 1. The first-order valence-corrected chi connectivity index (χ1v) is 15.0. The van der Waals surface area contributed by atoms with Gasteiger partial charge in [0.05, 0.1) is 26.4 Å². The van der Waals surface area contributed by atoms with Crippen LogP contribution >= 0.6 is 0 Å². The molecule has 0 radical (unpaired) electrons. The minimum absolute atomic E-state index is 0.0190. The van der Waals surface area contributed by atoms with E-state index in [1.807, 2.05) is 36.4 Å². The Morgan fingerprint density at radius 1 is 0.905 bits per heavy atom. The van der Waals surface area contributed by atoms with Gasteiger partial charge in [0.25, 0.3) is 0 Å². The second-order valence-electron chi connectivity index (χ2n) is 12.3. The number of epoxide rings is 1. The van der Waals surface area contributed by atoms with E-state index in [9.17, 15) is 14.7 Å². The SMILES string of the molecule is C[N+]1(C)[C@@H]2C[C@@H](OC(=O)Nc3cc(CCCCC(=O)Nc4ccc(CO)cc4)ccc3-c3ccccc3)C[C@H]1[C@@H]1O[C@@H]12. The highest BCUT2D eigenvalue weighted by atomic mass is 16.6. The van der Waals surface area contributed by atoms with Gasteiger partial charge in [-0.15, -0.1) is 0 Å². The topological polar surface area (TPSA) is 100 Å². The van der Waals surface area contributed by atoms with Crippen LogP contribution < -0.4 is 10.6 Å². The fourth-order valence-electron chi connectivity index (χ4n) is 6.84. The number of carbonyl (C=O) groups is 2. The van der Waals surface area contributed by atoms with Crippen molar-refractivity contribution in [3.05, 3.63) is 83.9 Å². The number of carbonyl (C=O) groups excluding carboxylic acids is 2. The van der Waals surface area contributed by atoms with Crippen molar-refractivity contribution in [2.24, 2.45) is 0 Å². The van der Waals surface area contributed by atoms with Crippen molar-refractivity contribution in [2.75, 3.05) is 24.7 Å². The Bertz CT molecular complexity index is 1400. The van der Waals surface area contributed by atoms with Crippen LogP contribution in [0.4, 0.5) is 16.2 Å². The molecule has 3 saturated heterocycles. The molecule has 5 atom stereocenters. The number of ether oxygens (including phenoxy) is 2. The summed E-state index contributed by atoms with van der Waals surface area (Å²) in [5.74, 6) is -0.0292. The smallest absolute Gasteiger partial charge is 0.411 e. The number of rotatable bonds is 10. The van der Waals surface area contributed by atoms with E-state index >= 15 is 0 Å². The number of nitrogens with one attached hydrogen (secondary N) is 2. The van der Waals surface area contributed by atoms with E-state index in [2.05, 4.69) is 36.9 Å². The van der Waals surface area contributed by atoms with E-state index in [-0.39, 0.29) is 18.6 Å². The summed E-state index contributed by atoms with van der Waals surface area (Å²) in [5.41, 5.74) is 5.33. The Morgan fingerprint density at radius 3 is 2.29 bits per heavy atom. The molecule has 0 saturated carbocycles. The van der Waals surface area contributed by atoms with Crippen molar-refractivity contribution in [1.82, 2.24) is 0 Å². The number of aliphatic hydroxyl groups is 1. The van der Waals surface area contributed by atoms with Crippen molar-refractivity contribution in [3.8, 4) is 11.1 Å². The van der Waals surface area contributed by atoms with Crippen LogP contribution in [0.1, 0.15) is 43.2 Å². The summed E-state index contributed by atoms with van der Waals surface area (Å²) in [6.45, 7) is -0.0190. The molecule has 8 heteroatoms. The molecule has 0 spiro atoms. The number of benzene rings is 3. The lowest BCUT2D eigenvalue weighted by Gasteiger charge is -2.45. The maximum Gasteiger partial charge on any atom is 0.411 e. The highest BCUT2D eigenvalue weighted by Crippen LogP contribution is 2.51. The van der Waals surface area contributed by atoms with Gasteiger partial charge >= 0.3 is 6.09 Å². The zero-order valence-corrected chi connectivity index (χ0v) is 24.3. The molecule has 0 unspecified atom stereocenters. The van der Waals surface area contributed by atoms with Gasteiger partial charge in [-0.2, -0.15) is 0 Å². The normalized spacial score (nSPS) is 24.9. The van der Waals surface area contributed by atoms with E-state index < -0.39 is 6.09 Å². The second-order valence-corrected chi connectivity index (χ2v) is 12.3. The van der Waals surface area contributed by atoms with Gasteiger partial charge in [0.2, 0.25) is 5.91 Å². The first-order valence-electron chi connectivity index (χ1n) is 15.0. The van der Waals surface area contributed by atoms with E-state index in [0.717, 1.165) is 70.2 Å². The third-order valence-corrected chi connectivity index (χ3v) is 9.26. The molecule has 2 bridgehead atoms. The van der Waals surface area contributed by atoms with Gasteiger partial charge in [0.1, 0.15) is 30.4 Å². The van der Waals surface area contributed by atoms with Crippen LogP contribution in [0, 0.1) is 0 Å². The molecule has 3 fully saturated rings. The first kappa shape index (κ1) is 28.4. The van der Waals surface area contributed by atoms with Crippen LogP contribution in [0.5, 0.6) is 0 Å². The van der Waals surface area contributed by atoms with Crippen LogP contribution in [0.15, 0.2) is 72.8 Å². The van der Waals surface area contributed by atoms with Crippen LogP contribution in [0.3, 0.4) is 0 Å². The number of fused-ring (bicyclic) bond motifs is 5. The van der Waals surface area contributed by atoms with Gasteiger partial charge in [-0.1, -0.05) is 54.6 Å². The number of aryl methyl sites for hydroxylation is 1. The van der Waals surface area contributed by atoms with Gasteiger partial charge in [-0.05, 0) is 54.2 Å². The molecule has 3 aromatic rings. The Kier molecular flexibility index (Phi) is 8.03. The van der Waals surface area contributed by atoms with Crippen molar-refractivity contribution in [3.63, 3.8) is 0 Å². The van der Waals surface area contributed by atoms with E-state index in [0.29, 0.717) is 30.7 Å². The molecule has 0 aromatic heterocycles. The summed E-state index contributed by atoms with van der Waals surface area (Å²) in [4.78, 5) is 25.5. The van der Waals surface area contributed by atoms with Crippen molar-refractivity contribution < 1.29 is 28.7 Å². The second kappa shape index (κ2) is 11.9. The lowest BCUT2D eigenvalue weighted by Crippen LogP contribution is -2.60. The van der Waals surface area contributed by atoms with Crippen LogP contribution in [-0.2, 0) is 27.3 Å². The predicted molar refractivity (Wildman–Crippen MR) is 162 cm³/mol. The maximum absolute atomic E-state index is 13.2. The largest absolute Gasteiger partial charge is 0.445 e.